The Hall–Kier alpha value is -1.93. The highest BCUT2D eigenvalue weighted by atomic mass is 32.2. The van der Waals surface area contributed by atoms with E-state index in [4.69, 9.17) is 0 Å². The van der Waals surface area contributed by atoms with Crippen LogP contribution in [0.5, 0.6) is 0 Å². The van der Waals surface area contributed by atoms with Crippen molar-refractivity contribution in [3.8, 4) is 0 Å². The van der Waals surface area contributed by atoms with Crippen LogP contribution in [0.3, 0.4) is 0 Å². The molecule has 0 bridgehead atoms. The molecule has 114 valence electrons. The minimum absolute atomic E-state index is 0.0606. The molecule has 1 N–H and O–H groups in total. The summed E-state index contributed by atoms with van der Waals surface area (Å²) in [6.07, 6.45) is 2.33. The van der Waals surface area contributed by atoms with Crippen LogP contribution in [0.25, 0.3) is 10.2 Å². The molecule has 0 fully saturated rings. The second-order valence-electron chi connectivity index (χ2n) is 4.72. The van der Waals surface area contributed by atoms with E-state index in [1.807, 2.05) is 38.2 Å². The summed E-state index contributed by atoms with van der Waals surface area (Å²) >= 11 is 2.89. The second-order valence-corrected chi connectivity index (χ2v) is 6.92. The summed E-state index contributed by atoms with van der Waals surface area (Å²) in [5.74, 6) is -0.0606. The van der Waals surface area contributed by atoms with Gasteiger partial charge in [-0.2, -0.15) is 0 Å². The predicted octanol–water partition coefficient (Wildman–Crippen LogP) is 2.93. The van der Waals surface area contributed by atoms with Crippen molar-refractivity contribution in [2.75, 3.05) is 5.32 Å². The van der Waals surface area contributed by atoms with Gasteiger partial charge in [-0.15, -0.1) is 10.2 Å². The summed E-state index contributed by atoms with van der Waals surface area (Å²) in [7, 11) is 1.86. The molecule has 1 amide bonds. The highest BCUT2D eigenvalue weighted by molar-refractivity contribution is 8.00. The first-order valence-corrected chi connectivity index (χ1v) is 8.54. The third-order valence-corrected chi connectivity index (χ3v) is 5.47. The van der Waals surface area contributed by atoms with Gasteiger partial charge < -0.3 is 9.88 Å². The molecule has 6 nitrogen and oxygen atoms in total. The molecular formula is C14H15N5OS2. The maximum absolute atomic E-state index is 12.4. The number of rotatable bonds is 5. The third-order valence-electron chi connectivity index (χ3n) is 3.10. The fourth-order valence-corrected chi connectivity index (χ4v) is 3.70. The van der Waals surface area contributed by atoms with Crippen LogP contribution in [0, 0.1) is 0 Å². The molecule has 0 spiro atoms. The SMILES string of the molecule is CCC(Sc1nncn1C)C(=O)Nc1nc2ccccc2s1. The number of amides is 1. The number of thioether (sulfide) groups is 1. The molecule has 0 saturated carbocycles. The number of hydrogen-bond acceptors (Lipinski definition) is 6. The van der Waals surface area contributed by atoms with Crippen molar-refractivity contribution in [1.82, 2.24) is 19.7 Å². The lowest BCUT2D eigenvalue weighted by atomic mass is 10.3. The Kier molecular flexibility index (Phi) is 4.39. The predicted molar refractivity (Wildman–Crippen MR) is 89.2 cm³/mol. The first kappa shape index (κ1) is 15.0. The molecule has 0 radical (unpaired) electrons. The van der Waals surface area contributed by atoms with E-state index in [1.54, 1.807) is 10.9 Å². The van der Waals surface area contributed by atoms with Gasteiger partial charge in [-0.05, 0) is 18.6 Å². The molecule has 0 aliphatic heterocycles. The second kappa shape index (κ2) is 6.45. The van der Waals surface area contributed by atoms with Gasteiger partial charge in [0.15, 0.2) is 10.3 Å². The minimum Gasteiger partial charge on any atom is -0.312 e. The number of benzene rings is 1. The molecule has 2 heterocycles. The van der Waals surface area contributed by atoms with Gasteiger partial charge in [-0.25, -0.2) is 4.98 Å². The van der Waals surface area contributed by atoms with E-state index in [0.29, 0.717) is 11.6 Å². The van der Waals surface area contributed by atoms with Crippen LogP contribution in [-0.2, 0) is 11.8 Å². The lowest BCUT2D eigenvalue weighted by Crippen LogP contribution is -2.24. The zero-order valence-electron chi connectivity index (χ0n) is 12.2. The number of nitrogens with one attached hydrogen (secondary N) is 1. The Morgan fingerprint density at radius 1 is 1.45 bits per heavy atom. The standard InChI is InChI=1S/C14H15N5OS2/c1-3-10(22-14-18-15-8-19(14)2)12(20)17-13-16-9-6-4-5-7-11(9)21-13/h4-8,10H,3H2,1-2H3,(H,16,17,20). The Balaban J connectivity index is 1.72. The van der Waals surface area contributed by atoms with Crippen LogP contribution in [0.1, 0.15) is 13.3 Å². The first-order chi connectivity index (χ1) is 10.7. The number of thiazole rings is 1. The molecule has 1 atom stereocenters. The largest absolute Gasteiger partial charge is 0.312 e. The number of nitrogens with zero attached hydrogens (tertiary/aromatic N) is 4. The Morgan fingerprint density at radius 2 is 2.27 bits per heavy atom. The van der Waals surface area contributed by atoms with Gasteiger partial charge in [0.05, 0.1) is 15.5 Å². The number of aryl methyl sites for hydroxylation is 1. The van der Waals surface area contributed by atoms with Gasteiger partial charge in [0.2, 0.25) is 5.91 Å². The Labute approximate surface area is 136 Å². The summed E-state index contributed by atoms with van der Waals surface area (Å²) in [5, 5.41) is 11.9. The molecular weight excluding hydrogens is 318 g/mol. The number of aromatic nitrogens is 4. The van der Waals surface area contributed by atoms with Crippen LogP contribution in [-0.4, -0.2) is 30.9 Å². The highest BCUT2D eigenvalue weighted by Crippen LogP contribution is 2.28. The quantitative estimate of drug-likeness (QED) is 0.727. The van der Waals surface area contributed by atoms with E-state index in [1.165, 1.54) is 23.1 Å². The maximum atomic E-state index is 12.4. The van der Waals surface area contributed by atoms with E-state index in [2.05, 4.69) is 20.5 Å². The van der Waals surface area contributed by atoms with Crippen molar-refractivity contribution in [3.63, 3.8) is 0 Å². The van der Waals surface area contributed by atoms with Crippen molar-refractivity contribution < 1.29 is 4.79 Å². The Morgan fingerprint density at radius 3 is 2.95 bits per heavy atom. The highest BCUT2D eigenvalue weighted by Gasteiger charge is 2.21. The number of hydrogen-bond donors (Lipinski definition) is 1. The third kappa shape index (κ3) is 3.12. The minimum atomic E-state index is -0.227. The fourth-order valence-electron chi connectivity index (χ4n) is 1.94. The number of para-hydroxylation sites is 1. The van der Waals surface area contributed by atoms with Crippen LogP contribution in [0.2, 0.25) is 0 Å². The number of carbonyl (C=O) groups is 1. The molecule has 3 rings (SSSR count). The van der Waals surface area contributed by atoms with Gasteiger partial charge >= 0.3 is 0 Å². The van der Waals surface area contributed by atoms with Gasteiger partial charge in [0.1, 0.15) is 6.33 Å². The van der Waals surface area contributed by atoms with Crippen molar-refractivity contribution >= 4 is 44.4 Å². The van der Waals surface area contributed by atoms with E-state index >= 15 is 0 Å². The molecule has 0 saturated heterocycles. The number of anilines is 1. The van der Waals surface area contributed by atoms with Crippen LogP contribution in [0.15, 0.2) is 35.7 Å². The molecule has 0 aliphatic carbocycles. The summed E-state index contributed by atoms with van der Waals surface area (Å²) in [4.78, 5) is 16.9. The van der Waals surface area contributed by atoms with E-state index in [-0.39, 0.29) is 11.2 Å². The monoisotopic (exact) mass is 333 g/mol. The summed E-state index contributed by atoms with van der Waals surface area (Å²) in [6.45, 7) is 1.98. The van der Waals surface area contributed by atoms with Gasteiger partial charge in [-0.3, -0.25) is 4.79 Å². The Bertz CT molecular complexity index is 764. The van der Waals surface area contributed by atoms with E-state index < -0.39 is 0 Å². The van der Waals surface area contributed by atoms with Crippen molar-refractivity contribution in [2.24, 2.45) is 7.05 Å². The normalized spacial score (nSPS) is 12.5. The summed E-state index contributed by atoms with van der Waals surface area (Å²) < 4.78 is 2.87. The molecule has 2 aromatic heterocycles. The zero-order valence-corrected chi connectivity index (χ0v) is 13.8. The fraction of sp³-hybridized carbons (Fsp3) is 0.286. The lowest BCUT2D eigenvalue weighted by molar-refractivity contribution is -0.115. The number of carbonyl (C=O) groups excluding carboxylic acids is 1. The molecule has 1 unspecified atom stereocenters. The molecule has 0 aliphatic rings. The summed E-state index contributed by atoms with van der Waals surface area (Å²) in [6, 6.07) is 7.83. The van der Waals surface area contributed by atoms with Crippen LogP contribution < -0.4 is 5.32 Å². The van der Waals surface area contributed by atoms with Gasteiger partial charge in [0, 0.05) is 7.05 Å². The first-order valence-electron chi connectivity index (χ1n) is 6.84. The van der Waals surface area contributed by atoms with Crippen LogP contribution >= 0.6 is 23.1 Å². The summed E-state index contributed by atoms with van der Waals surface area (Å²) in [5.41, 5.74) is 0.900. The topological polar surface area (TPSA) is 72.7 Å². The zero-order chi connectivity index (χ0) is 15.5. The van der Waals surface area contributed by atoms with Crippen LogP contribution in [0.4, 0.5) is 5.13 Å². The van der Waals surface area contributed by atoms with E-state index in [9.17, 15) is 4.79 Å². The van der Waals surface area contributed by atoms with Gasteiger partial charge in [-0.1, -0.05) is 42.2 Å². The van der Waals surface area contributed by atoms with E-state index in [0.717, 1.165) is 15.4 Å². The maximum Gasteiger partial charge on any atom is 0.239 e. The molecule has 8 heteroatoms. The van der Waals surface area contributed by atoms with Gasteiger partial charge in [0.25, 0.3) is 0 Å². The number of fused-ring (bicyclic) bond motifs is 1. The smallest absolute Gasteiger partial charge is 0.239 e. The average molecular weight is 333 g/mol. The van der Waals surface area contributed by atoms with Crippen molar-refractivity contribution in [3.05, 3.63) is 30.6 Å². The molecule has 1 aromatic carbocycles. The average Bonchev–Trinajstić information content (AvgIpc) is 3.10. The van der Waals surface area contributed by atoms with Crippen molar-refractivity contribution in [2.45, 2.75) is 23.8 Å². The molecule has 22 heavy (non-hydrogen) atoms. The van der Waals surface area contributed by atoms with Crippen molar-refractivity contribution in [1.29, 1.82) is 0 Å². The lowest BCUT2D eigenvalue weighted by Gasteiger charge is -2.12. The molecule has 3 aromatic rings.